The zero-order valence-electron chi connectivity index (χ0n) is 42.9. The Balaban J connectivity index is 0.828. The van der Waals surface area contributed by atoms with Crippen molar-refractivity contribution < 1.29 is 37.1 Å². The molecule has 13 nitrogen and oxygen atoms in total. The first-order valence-corrected chi connectivity index (χ1v) is 25.8. The number of likely N-dealkylation sites (tertiary alicyclic amines) is 1. The second-order valence-corrected chi connectivity index (χ2v) is 22.8. The number of carbonyl (C=O) groups is 4. The third-order valence-electron chi connectivity index (χ3n) is 14.8. The number of carbonyl (C=O) groups excluding carboxylic acids is 4. The molecule has 3 heterocycles. The molecule has 386 valence electrons. The van der Waals surface area contributed by atoms with Gasteiger partial charge in [0, 0.05) is 55.2 Å². The van der Waals surface area contributed by atoms with Crippen LogP contribution < -0.4 is 20.7 Å². The van der Waals surface area contributed by atoms with E-state index in [1.807, 2.05) is 116 Å². The number of thiazole rings is 1. The third kappa shape index (κ3) is 12.2. The van der Waals surface area contributed by atoms with E-state index < -0.39 is 51.7 Å². The first kappa shape index (κ1) is 54.0. The molecule has 3 fully saturated rings. The van der Waals surface area contributed by atoms with Gasteiger partial charge in [-0.15, -0.1) is 11.3 Å². The molecule has 2 saturated heterocycles. The van der Waals surface area contributed by atoms with Crippen LogP contribution in [0.2, 0.25) is 0 Å². The van der Waals surface area contributed by atoms with Crippen LogP contribution in [0.15, 0.2) is 72.2 Å². The van der Waals surface area contributed by atoms with Gasteiger partial charge >= 0.3 is 6.18 Å². The maximum Gasteiger partial charge on any atom is 0.417 e. The van der Waals surface area contributed by atoms with Gasteiger partial charge in [0.15, 0.2) is 0 Å². The van der Waals surface area contributed by atoms with Gasteiger partial charge in [0.2, 0.25) is 17.7 Å². The normalized spacial score (nSPS) is 20.9. The summed E-state index contributed by atoms with van der Waals surface area (Å²) >= 11 is 1.59. The van der Waals surface area contributed by atoms with Crippen LogP contribution in [0.1, 0.15) is 119 Å². The standard InChI is InChI=1S/C55H69F3N8O5S/c1-34(37-18-20-38(21-19-37)45-35(2)60-33-72-45)61-48(69)43-13-11-25-66(43)49(70)46(52(3,4)5)62-44(67)32-65-28-26-64(27-29-65)24-10-12-36-14-16-39(17-15-36)47(68)63-50-53(6,7)51(54(50,8)9)71-41-23-22-40(31-59)42(30-41)55(56,57)58/h14-23,30,33-34,43,46,50-51H,10-13,24-29,32H2,1-9H3,(H,61,69)(H,62,67)(H,63,68)/t34-,43-,46+,50-,51-/m0/s1. The summed E-state index contributed by atoms with van der Waals surface area (Å²) in [5, 5.41) is 18.5. The highest BCUT2D eigenvalue weighted by Crippen LogP contribution is 2.56. The van der Waals surface area contributed by atoms with Gasteiger partial charge in [-0.05, 0) is 98.5 Å². The SMILES string of the molecule is Cc1ncsc1-c1ccc([C@H](C)NC(=O)[C@@H]2CCCN2C(=O)[C@@H](NC(=O)CN2CCN(CCCc3ccc(C(=O)N[C@H]4C(C)(C)[C@H](Oc5ccc(C#N)c(C(F)(F)F)c5)C4(C)C)cc3)CC2)C(C)(C)C)cc1. The van der Waals surface area contributed by atoms with Crippen LogP contribution in [0.3, 0.4) is 0 Å². The fraction of sp³-hybridized carbons (Fsp3) is 0.527. The molecule has 0 radical (unpaired) electrons. The number of nitrogens with zero attached hydrogens (tertiary/aromatic N) is 5. The van der Waals surface area contributed by atoms with Crippen LogP contribution in [0, 0.1) is 34.5 Å². The minimum absolute atomic E-state index is 0.0137. The molecule has 4 amide bonds. The van der Waals surface area contributed by atoms with E-state index >= 15 is 0 Å². The number of nitriles is 1. The lowest BCUT2D eigenvalue weighted by molar-refractivity contribution is -0.164. The second-order valence-electron chi connectivity index (χ2n) is 22.0. The summed E-state index contributed by atoms with van der Waals surface area (Å²) in [4.78, 5) is 66.6. The molecule has 1 saturated carbocycles. The van der Waals surface area contributed by atoms with Crippen molar-refractivity contribution in [3.05, 3.63) is 106 Å². The molecule has 0 bridgehead atoms. The molecule has 0 unspecified atom stereocenters. The van der Waals surface area contributed by atoms with Crippen molar-refractivity contribution in [1.82, 2.24) is 35.6 Å². The van der Waals surface area contributed by atoms with Crippen LogP contribution in [0.5, 0.6) is 5.75 Å². The molecule has 3 aliphatic rings. The Hall–Kier alpha value is -5.83. The summed E-state index contributed by atoms with van der Waals surface area (Å²) in [6.45, 7) is 21.9. The van der Waals surface area contributed by atoms with Crippen molar-refractivity contribution in [3.63, 3.8) is 0 Å². The van der Waals surface area contributed by atoms with E-state index in [4.69, 9.17) is 4.74 Å². The van der Waals surface area contributed by atoms with Gasteiger partial charge in [-0.25, -0.2) is 4.98 Å². The topological polar surface area (TPSA) is 160 Å². The number of nitrogens with one attached hydrogen (secondary N) is 3. The Kier molecular flexibility index (Phi) is 16.3. The van der Waals surface area contributed by atoms with Crippen LogP contribution >= 0.6 is 11.3 Å². The molecule has 17 heteroatoms. The van der Waals surface area contributed by atoms with Gasteiger partial charge < -0.3 is 30.5 Å². The van der Waals surface area contributed by atoms with E-state index in [0.29, 0.717) is 38.0 Å². The van der Waals surface area contributed by atoms with Gasteiger partial charge in [-0.3, -0.25) is 24.1 Å². The van der Waals surface area contributed by atoms with Crippen molar-refractivity contribution in [1.29, 1.82) is 5.26 Å². The quantitative estimate of drug-likeness (QED) is 0.1000. The number of aromatic nitrogens is 1. The molecular weight excluding hydrogens is 942 g/mol. The number of halogens is 3. The first-order valence-electron chi connectivity index (χ1n) is 24.9. The zero-order valence-corrected chi connectivity index (χ0v) is 43.7. The predicted octanol–water partition coefficient (Wildman–Crippen LogP) is 8.57. The van der Waals surface area contributed by atoms with Crippen LogP contribution in [-0.4, -0.2) is 113 Å². The summed E-state index contributed by atoms with van der Waals surface area (Å²) in [5.41, 5.74) is 3.12. The van der Waals surface area contributed by atoms with E-state index in [-0.39, 0.29) is 48.0 Å². The average molecular weight is 1010 g/mol. The molecular formula is C55H69F3N8O5S. The van der Waals surface area contributed by atoms with Gasteiger partial charge in [0.25, 0.3) is 5.91 Å². The zero-order chi connectivity index (χ0) is 52.3. The summed E-state index contributed by atoms with van der Waals surface area (Å²) in [6.07, 6.45) is -2.23. The largest absolute Gasteiger partial charge is 0.489 e. The number of hydrogen-bond donors (Lipinski definition) is 3. The minimum atomic E-state index is -4.70. The molecule has 0 spiro atoms. The Morgan fingerprint density at radius 3 is 2.15 bits per heavy atom. The molecule has 7 rings (SSSR count). The van der Waals surface area contributed by atoms with Crippen molar-refractivity contribution >= 4 is 35.0 Å². The van der Waals surface area contributed by atoms with Crippen molar-refractivity contribution in [2.24, 2.45) is 16.2 Å². The number of aryl methyl sites for hydroxylation is 2. The van der Waals surface area contributed by atoms with E-state index in [9.17, 15) is 37.6 Å². The predicted molar refractivity (Wildman–Crippen MR) is 272 cm³/mol. The Morgan fingerprint density at radius 2 is 1.56 bits per heavy atom. The third-order valence-corrected chi connectivity index (χ3v) is 15.8. The molecule has 4 aromatic rings. The lowest BCUT2D eigenvalue weighted by Gasteiger charge is -2.63. The molecule has 1 aromatic heterocycles. The molecule has 72 heavy (non-hydrogen) atoms. The van der Waals surface area contributed by atoms with E-state index in [2.05, 4.69) is 30.7 Å². The summed E-state index contributed by atoms with van der Waals surface area (Å²) in [6, 6.07) is 18.6. The van der Waals surface area contributed by atoms with Crippen LogP contribution in [0.4, 0.5) is 13.2 Å². The Morgan fingerprint density at radius 1 is 0.903 bits per heavy atom. The summed E-state index contributed by atoms with van der Waals surface area (Å²) < 4.78 is 47.0. The molecule has 3 N–H and O–H groups in total. The van der Waals surface area contributed by atoms with Crippen molar-refractivity contribution in [2.75, 3.05) is 45.8 Å². The van der Waals surface area contributed by atoms with Crippen LogP contribution in [-0.2, 0) is 27.0 Å². The number of ether oxygens (including phenoxy) is 1. The smallest absolute Gasteiger partial charge is 0.417 e. The molecule has 3 aromatic carbocycles. The van der Waals surface area contributed by atoms with Crippen molar-refractivity contribution in [2.45, 2.75) is 124 Å². The monoisotopic (exact) mass is 1010 g/mol. The highest BCUT2D eigenvalue weighted by molar-refractivity contribution is 7.13. The van der Waals surface area contributed by atoms with E-state index in [0.717, 1.165) is 71.9 Å². The molecule has 1 aliphatic carbocycles. The van der Waals surface area contributed by atoms with Gasteiger partial charge in [-0.1, -0.05) is 84.9 Å². The van der Waals surface area contributed by atoms with E-state index in [1.54, 1.807) is 22.3 Å². The maximum absolute atomic E-state index is 14.2. The van der Waals surface area contributed by atoms with Crippen LogP contribution in [0.25, 0.3) is 10.4 Å². The van der Waals surface area contributed by atoms with Crippen molar-refractivity contribution in [3.8, 4) is 22.3 Å². The molecule has 2 aliphatic heterocycles. The fourth-order valence-corrected chi connectivity index (χ4v) is 11.8. The average Bonchev–Trinajstić information content (AvgIpc) is 4.01. The Bertz CT molecular complexity index is 2610. The summed E-state index contributed by atoms with van der Waals surface area (Å²) in [7, 11) is 0. The van der Waals surface area contributed by atoms with Gasteiger partial charge in [0.1, 0.15) is 23.9 Å². The van der Waals surface area contributed by atoms with Gasteiger partial charge in [0.05, 0.1) is 45.9 Å². The minimum Gasteiger partial charge on any atom is -0.489 e. The Labute approximate surface area is 425 Å². The lowest BCUT2D eigenvalue weighted by atomic mass is 9.49. The van der Waals surface area contributed by atoms with Gasteiger partial charge in [-0.2, -0.15) is 18.4 Å². The summed E-state index contributed by atoms with van der Waals surface area (Å²) in [5.74, 6) is -0.893. The second kappa shape index (κ2) is 21.7. The lowest BCUT2D eigenvalue weighted by Crippen LogP contribution is -2.74. The number of rotatable bonds is 16. The highest BCUT2D eigenvalue weighted by atomic mass is 32.1. The highest BCUT2D eigenvalue weighted by Gasteiger charge is 2.64. The molecule has 3 atom stereocenters. The maximum atomic E-state index is 14.2. The van der Waals surface area contributed by atoms with E-state index in [1.165, 1.54) is 6.07 Å². The number of benzene rings is 3. The fourth-order valence-electron chi connectivity index (χ4n) is 11.0. The first-order chi connectivity index (χ1) is 33.9. The number of piperazine rings is 1. The number of amides is 4. The number of hydrogen-bond acceptors (Lipinski definition) is 10. The number of alkyl halides is 3.